The number of nitrogens with one attached hydrogen (secondary N) is 2. The van der Waals surface area contributed by atoms with Gasteiger partial charge in [0.15, 0.2) is 0 Å². The molecule has 0 aliphatic carbocycles. The lowest BCUT2D eigenvalue weighted by atomic mass is 10.2. The van der Waals surface area contributed by atoms with Crippen LogP contribution < -0.4 is 10.6 Å². The Morgan fingerprint density at radius 1 is 1.50 bits per heavy atom. The number of nitro groups is 1. The molecule has 0 saturated carbocycles. The van der Waals surface area contributed by atoms with Gasteiger partial charge in [-0.25, -0.2) is 4.98 Å². The van der Waals surface area contributed by atoms with Gasteiger partial charge in [0.05, 0.1) is 4.92 Å². The van der Waals surface area contributed by atoms with Crippen molar-refractivity contribution in [2.24, 2.45) is 0 Å². The SMILES string of the molecule is CCCNc1nc(C)c([N+](=O)[O-])c(NC2CCSC2)n1. The molecule has 1 fully saturated rings. The molecule has 7 nitrogen and oxygen atoms in total. The number of rotatable bonds is 6. The van der Waals surface area contributed by atoms with Crippen molar-refractivity contribution in [3.8, 4) is 0 Å². The zero-order chi connectivity index (χ0) is 14.5. The van der Waals surface area contributed by atoms with Gasteiger partial charge in [-0.05, 0) is 25.5 Å². The highest BCUT2D eigenvalue weighted by Crippen LogP contribution is 2.29. The summed E-state index contributed by atoms with van der Waals surface area (Å²) < 4.78 is 0. The van der Waals surface area contributed by atoms with Crippen LogP contribution in [0.3, 0.4) is 0 Å². The molecule has 0 bridgehead atoms. The summed E-state index contributed by atoms with van der Waals surface area (Å²) in [5.74, 6) is 2.81. The lowest BCUT2D eigenvalue weighted by Crippen LogP contribution is -2.21. The van der Waals surface area contributed by atoms with Crippen molar-refractivity contribution < 1.29 is 4.92 Å². The highest BCUT2D eigenvalue weighted by atomic mass is 32.2. The van der Waals surface area contributed by atoms with E-state index in [-0.39, 0.29) is 11.7 Å². The van der Waals surface area contributed by atoms with E-state index in [2.05, 4.69) is 20.6 Å². The number of aryl methyl sites for hydroxylation is 1. The van der Waals surface area contributed by atoms with E-state index in [9.17, 15) is 10.1 Å². The maximum Gasteiger partial charge on any atom is 0.332 e. The van der Waals surface area contributed by atoms with E-state index in [1.54, 1.807) is 6.92 Å². The Hall–Kier alpha value is -1.57. The number of thioether (sulfide) groups is 1. The van der Waals surface area contributed by atoms with Crippen molar-refractivity contribution in [2.45, 2.75) is 32.7 Å². The number of anilines is 2. The average Bonchev–Trinajstić information content (AvgIpc) is 2.88. The summed E-state index contributed by atoms with van der Waals surface area (Å²) in [7, 11) is 0. The third kappa shape index (κ3) is 3.50. The molecule has 20 heavy (non-hydrogen) atoms. The van der Waals surface area contributed by atoms with Crippen LogP contribution in [0.5, 0.6) is 0 Å². The van der Waals surface area contributed by atoms with Crippen LogP contribution in [0.4, 0.5) is 17.5 Å². The smallest absolute Gasteiger partial charge is 0.332 e. The fourth-order valence-corrected chi connectivity index (χ4v) is 3.20. The largest absolute Gasteiger partial charge is 0.361 e. The van der Waals surface area contributed by atoms with E-state index in [4.69, 9.17) is 0 Å². The number of aromatic nitrogens is 2. The average molecular weight is 297 g/mol. The maximum absolute atomic E-state index is 11.2. The first-order valence-corrected chi connectivity index (χ1v) is 7.88. The van der Waals surface area contributed by atoms with Crippen molar-refractivity contribution in [3.63, 3.8) is 0 Å². The molecule has 0 radical (unpaired) electrons. The molecule has 1 aliphatic rings. The number of hydrogen-bond acceptors (Lipinski definition) is 7. The highest BCUT2D eigenvalue weighted by molar-refractivity contribution is 7.99. The topological polar surface area (TPSA) is 93.0 Å². The van der Waals surface area contributed by atoms with E-state index in [0.717, 1.165) is 30.9 Å². The van der Waals surface area contributed by atoms with Gasteiger partial charge in [-0.3, -0.25) is 10.1 Å². The standard InChI is InChI=1S/C12H19N5O2S/c1-3-5-13-12-14-8(2)10(17(18)19)11(16-12)15-9-4-6-20-7-9/h9H,3-7H2,1-2H3,(H2,13,14,15,16). The zero-order valence-electron chi connectivity index (χ0n) is 11.7. The number of nitrogens with zero attached hydrogens (tertiary/aromatic N) is 3. The molecule has 1 aliphatic heterocycles. The monoisotopic (exact) mass is 297 g/mol. The number of hydrogen-bond donors (Lipinski definition) is 2. The van der Waals surface area contributed by atoms with Crippen molar-refractivity contribution in [2.75, 3.05) is 28.7 Å². The van der Waals surface area contributed by atoms with Gasteiger partial charge >= 0.3 is 5.69 Å². The van der Waals surface area contributed by atoms with E-state index >= 15 is 0 Å². The van der Waals surface area contributed by atoms with E-state index < -0.39 is 4.92 Å². The Kier molecular flexibility index (Phi) is 4.99. The highest BCUT2D eigenvalue weighted by Gasteiger charge is 2.25. The first-order chi connectivity index (χ1) is 9.61. The van der Waals surface area contributed by atoms with Gasteiger partial charge in [0, 0.05) is 18.3 Å². The fourth-order valence-electron chi connectivity index (χ4n) is 2.04. The molecule has 2 rings (SSSR count). The Bertz CT molecular complexity index is 491. The van der Waals surface area contributed by atoms with Crippen LogP contribution in [0.25, 0.3) is 0 Å². The van der Waals surface area contributed by atoms with Crippen molar-refractivity contribution >= 4 is 29.2 Å². The molecule has 1 atom stereocenters. The predicted octanol–water partition coefficient (Wildman–Crippen LogP) is 2.43. The van der Waals surface area contributed by atoms with E-state index in [1.807, 2.05) is 18.7 Å². The molecular formula is C12H19N5O2S. The van der Waals surface area contributed by atoms with Gasteiger partial charge in [-0.1, -0.05) is 6.92 Å². The summed E-state index contributed by atoms with van der Waals surface area (Å²) in [5.41, 5.74) is 0.362. The minimum absolute atomic E-state index is 0.0241. The molecule has 1 unspecified atom stereocenters. The van der Waals surface area contributed by atoms with Crippen LogP contribution in [0.2, 0.25) is 0 Å². The Balaban J connectivity index is 2.27. The molecule has 1 saturated heterocycles. The first kappa shape index (κ1) is 14.8. The van der Waals surface area contributed by atoms with Gasteiger partial charge in [-0.2, -0.15) is 16.7 Å². The zero-order valence-corrected chi connectivity index (χ0v) is 12.5. The van der Waals surface area contributed by atoms with Crippen LogP contribution >= 0.6 is 11.8 Å². The molecule has 0 amide bonds. The lowest BCUT2D eigenvalue weighted by molar-refractivity contribution is -0.385. The summed E-state index contributed by atoms with van der Waals surface area (Å²) in [5, 5.41) is 17.5. The summed E-state index contributed by atoms with van der Waals surface area (Å²) in [6.07, 6.45) is 1.95. The Morgan fingerprint density at radius 2 is 2.30 bits per heavy atom. The van der Waals surface area contributed by atoms with Gasteiger partial charge in [-0.15, -0.1) is 0 Å². The van der Waals surface area contributed by atoms with Gasteiger partial charge in [0.1, 0.15) is 5.69 Å². The predicted molar refractivity (Wildman–Crippen MR) is 81.6 cm³/mol. The molecule has 1 aromatic rings. The molecule has 0 spiro atoms. The van der Waals surface area contributed by atoms with E-state index in [1.165, 1.54) is 0 Å². The van der Waals surface area contributed by atoms with Crippen LogP contribution in [-0.4, -0.2) is 39.0 Å². The summed E-state index contributed by atoms with van der Waals surface area (Å²) in [4.78, 5) is 19.2. The van der Waals surface area contributed by atoms with Gasteiger partial charge < -0.3 is 10.6 Å². The second kappa shape index (κ2) is 6.74. The fraction of sp³-hybridized carbons (Fsp3) is 0.667. The summed E-state index contributed by atoms with van der Waals surface area (Å²) in [6, 6.07) is 0.243. The summed E-state index contributed by atoms with van der Waals surface area (Å²) in [6.45, 7) is 4.43. The molecule has 110 valence electrons. The maximum atomic E-state index is 11.2. The summed E-state index contributed by atoms with van der Waals surface area (Å²) >= 11 is 1.85. The second-order valence-corrected chi connectivity index (χ2v) is 5.87. The minimum atomic E-state index is -0.413. The van der Waals surface area contributed by atoms with Crippen molar-refractivity contribution in [3.05, 3.63) is 15.8 Å². The van der Waals surface area contributed by atoms with Crippen molar-refractivity contribution in [1.29, 1.82) is 0 Å². The third-order valence-electron chi connectivity index (χ3n) is 3.04. The molecule has 2 heterocycles. The van der Waals surface area contributed by atoms with Gasteiger partial charge in [0.2, 0.25) is 11.8 Å². The molecular weight excluding hydrogens is 278 g/mol. The van der Waals surface area contributed by atoms with E-state index in [0.29, 0.717) is 17.5 Å². The first-order valence-electron chi connectivity index (χ1n) is 6.73. The van der Waals surface area contributed by atoms with Crippen molar-refractivity contribution in [1.82, 2.24) is 9.97 Å². The molecule has 2 N–H and O–H groups in total. The lowest BCUT2D eigenvalue weighted by Gasteiger charge is -2.14. The van der Waals surface area contributed by atoms with Crippen LogP contribution in [0, 0.1) is 17.0 Å². The second-order valence-electron chi connectivity index (χ2n) is 4.72. The minimum Gasteiger partial charge on any atom is -0.361 e. The molecule has 1 aromatic heterocycles. The Labute approximate surface area is 122 Å². The molecule has 0 aromatic carbocycles. The van der Waals surface area contributed by atoms with Crippen LogP contribution in [-0.2, 0) is 0 Å². The molecule has 8 heteroatoms. The Morgan fingerprint density at radius 3 is 2.90 bits per heavy atom. The van der Waals surface area contributed by atoms with Gasteiger partial charge in [0.25, 0.3) is 0 Å². The quantitative estimate of drug-likeness (QED) is 0.615. The van der Waals surface area contributed by atoms with Crippen LogP contribution in [0.1, 0.15) is 25.5 Å². The third-order valence-corrected chi connectivity index (χ3v) is 4.21. The normalized spacial score (nSPS) is 18.0. The van der Waals surface area contributed by atoms with Crippen LogP contribution in [0.15, 0.2) is 0 Å².